The Balaban J connectivity index is 1.65. The van der Waals surface area contributed by atoms with Gasteiger partial charge in [0.25, 0.3) is 0 Å². The van der Waals surface area contributed by atoms with Gasteiger partial charge in [-0.05, 0) is 51.4 Å². The van der Waals surface area contributed by atoms with Crippen LogP contribution in [0, 0.1) is 0 Å². The highest BCUT2D eigenvalue weighted by Crippen LogP contribution is 2.08. The van der Waals surface area contributed by atoms with E-state index < -0.39 is 0 Å². The molecule has 0 spiro atoms. The molecule has 1 fully saturated rings. The van der Waals surface area contributed by atoms with E-state index in [1.165, 1.54) is 32.4 Å². The molecule has 0 aliphatic carbocycles. The van der Waals surface area contributed by atoms with E-state index in [1.54, 1.807) is 6.20 Å². The number of likely N-dealkylation sites (tertiary alicyclic amines) is 1. The minimum absolute atomic E-state index is 0.125. The molecule has 0 aromatic carbocycles. The van der Waals surface area contributed by atoms with Crippen molar-refractivity contribution < 1.29 is 4.79 Å². The van der Waals surface area contributed by atoms with Crippen LogP contribution in [0.4, 0.5) is 0 Å². The summed E-state index contributed by atoms with van der Waals surface area (Å²) in [6, 6.07) is 6.04. The van der Waals surface area contributed by atoms with Crippen LogP contribution in [0.2, 0.25) is 0 Å². The Morgan fingerprint density at radius 3 is 2.85 bits per heavy atom. The molecule has 1 saturated heterocycles. The lowest BCUT2D eigenvalue weighted by atomic mass is 10.1. The number of hydrogen-bond acceptors (Lipinski definition) is 3. The molecule has 1 aromatic rings. The van der Waals surface area contributed by atoms with Gasteiger partial charge in [-0.2, -0.15) is 0 Å². The average Bonchev–Trinajstić information content (AvgIpc) is 2.47. The second-order valence-electron chi connectivity index (χ2n) is 5.65. The second-order valence-corrected chi connectivity index (χ2v) is 5.65. The summed E-state index contributed by atoms with van der Waals surface area (Å²) in [5.74, 6) is 0.125. The molecule has 0 bridgehead atoms. The number of aromatic nitrogens is 1. The highest BCUT2D eigenvalue weighted by Gasteiger charge is 2.14. The number of piperidine rings is 1. The van der Waals surface area contributed by atoms with Crippen molar-refractivity contribution in [3.8, 4) is 0 Å². The average molecular weight is 275 g/mol. The van der Waals surface area contributed by atoms with Crippen molar-refractivity contribution in [2.75, 3.05) is 19.6 Å². The molecule has 1 aliphatic heterocycles. The van der Waals surface area contributed by atoms with Gasteiger partial charge in [-0.15, -0.1) is 0 Å². The topological polar surface area (TPSA) is 45.2 Å². The third kappa shape index (κ3) is 5.29. The van der Waals surface area contributed by atoms with Crippen LogP contribution in [0.3, 0.4) is 0 Å². The number of nitrogens with zero attached hydrogens (tertiary/aromatic N) is 2. The zero-order valence-electron chi connectivity index (χ0n) is 12.3. The molecule has 1 aliphatic rings. The predicted octanol–water partition coefficient (Wildman–Crippen LogP) is 2.00. The first-order valence-electron chi connectivity index (χ1n) is 7.65. The third-order valence-electron chi connectivity index (χ3n) is 3.72. The molecule has 0 saturated carbocycles. The molecular weight excluding hydrogens is 250 g/mol. The SMILES string of the molecule is CC(CN1CCCCC1)NC(=O)CCc1ccccn1. The summed E-state index contributed by atoms with van der Waals surface area (Å²) in [7, 11) is 0. The Labute approximate surface area is 121 Å². The number of nitrogens with one attached hydrogen (secondary N) is 1. The maximum absolute atomic E-state index is 11.9. The first kappa shape index (κ1) is 15.0. The van der Waals surface area contributed by atoms with Gasteiger partial charge < -0.3 is 10.2 Å². The van der Waals surface area contributed by atoms with E-state index in [0.29, 0.717) is 12.8 Å². The fourth-order valence-corrected chi connectivity index (χ4v) is 2.71. The smallest absolute Gasteiger partial charge is 0.220 e. The molecule has 0 radical (unpaired) electrons. The third-order valence-corrected chi connectivity index (χ3v) is 3.72. The minimum Gasteiger partial charge on any atom is -0.352 e. The monoisotopic (exact) mass is 275 g/mol. The van der Waals surface area contributed by atoms with Gasteiger partial charge in [-0.25, -0.2) is 0 Å². The molecule has 1 amide bonds. The van der Waals surface area contributed by atoms with Crippen molar-refractivity contribution in [3.63, 3.8) is 0 Å². The molecule has 1 unspecified atom stereocenters. The number of rotatable bonds is 6. The van der Waals surface area contributed by atoms with Gasteiger partial charge in [-0.3, -0.25) is 9.78 Å². The predicted molar refractivity (Wildman–Crippen MR) is 80.5 cm³/mol. The zero-order valence-corrected chi connectivity index (χ0v) is 12.3. The normalized spacial score (nSPS) is 17.6. The minimum atomic E-state index is 0.125. The number of pyridine rings is 1. The molecule has 1 aromatic heterocycles. The van der Waals surface area contributed by atoms with Crippen LogP contribution >= 0.6 is 0 Å². The van der Waals surface area contributed by atoms with Gasteiger partial charge in [0.05, 0.1) is 0 Å². The quantitative estimate of drug-likeness (QED) is 0.863. The summed E-state index contributed by atoms with van der Waals surface area (Å²) in [4.78, 5) is 18.6. The Kier molecular flexibility index (Phi) is 5.99. The number of carbonyl (C=O) groups excluding carboxylic acids is 1. The number of carbonyl (C=O) groups is 1. The van der Waals surface area contributed by atoms with E-state index in [0.717, 1.165) is 12.2 Å². The lowest BCUT2D eigenvalue weighted by Crippen LogP contribution is -2.43. The van der Waals surface area contributed by atoms with E-state index in [-0.39, 0.29) is 11.9 Å². The Morgan fingerprint density at radius 2 is 2.15 bits per heavy atom. The van der Waals surface area contributed by atoms with Crippen molar-refractivity contribution in [2.24, 2.45) is 0 Å². The number of amides is 1. The van der Waals surface area contributed by atoms with Crippen LogP contribution in [0.1, 0.15) is 38.3 Å². The first-order chi connectivity index (χ1) is 9.74. The molecule has 110 valence electrons. The van der Waals surface area contributed by atoms with E-state index in [9.17, 15) is 4.79 Å². The lowest BCUT2D eigenvalue weighted by Gasteiger charge is -2.29. The van der Waals surface area contributed by atoms with Crippen molar-refractivity contribution >= 4 is 5.91 Å². The fraction of sp³-hybridized carbons (Fsp3) is 0.625. The van der Waals surface area contributed by atoms with Crippen LogP contribution < -0.4 is 5.32 Å². The molecule has 4 heteroatoms. The van der Waals surface area contributed by atoms with Crippen LogP contribution in [0.5, 0.6) is 0 Å². The maximum Gasteiger partial charge on any atom is 0.220 e. The summed E-state index contributed by atoms with van der Waals surface area (Å²) in [6.07, 6.45) is 6.93. The van der Waals surface area contributed by atoms with Crippen molar-refractivity contribution in [1.82, 2.24) is 15.2 Å². The summed E-state index contributed by atoms with van der Waals surface area (Å²) in [6.45, 7) is 5.41. The second kappa shape index (κ2) is 8.00. The Morgan fingerprint density at radius 1 is 1.35 bits per heavy atom. The summed E-state index contributed by atoms with van der Waals surface area (Å²) < 4.78 is 0. The van der Waals surface area contributed by atoms with E-state index in [2.05, 4.69) is 22.1 Å². The number of aryl methyl sites for hydroxylation is 1. The Bertz CT molecular complexity index is 401. The van der Waals surface area contributed by atoms with Crippen LogP contribution in [-0.4, -0.2) is 41.5 Å². The van der Waals surface area contributed by atoms with E-state index in [4.69, 9.17) is 0 Å². The summed E-state index contributed by atoms with van der Waals surface area (Å²) in [5.41, 5.74) is 0.978. The van der Waals surface area contributed by atoms with Gasteiger partial charge in [0.2, 0.25) is 5.91 Å². The first-order valence-corrected chi connectivity index (χ1v) is 7.65. The largest absolute Gasteiger partial charge is 0.352 e. The molecule has 2 heterocycles. The zero-order chi connectivity index (χ0) is 14.2. The van der Waals surface area contributed by atoms with Crippen LogP contribution in [-0.2, 0) is 11.2 Å². The summed E-state index contributed by atoms with van der Waals surface area (Å²) >= 11 is 0. The molecular formula is C16H25N3O. The van der Waals surface area contributed by atoms with Gasteiger partial charge in [0.1, 0.15) is 0 Å². The van der Waals surface area contributed by atoms with Crippen molar-refractivity contribution in [1.29, 1.82) is 0 Å². The summed E-state index contributed by atoms with van der Waals surface area (Å²) in [5, 5.41) is 3.09. The molecule has 1 N–H and O–H groups in total. The highest BCUT2D eigenvalue weighted by atomic mass is 16.1. The van der Waals surface area contributed by atoms with Gasteiger partial charge in [0, 0.05) is 30.9 Å². The molecule has 2 rings (SSSR count). The molecule has 4 nitrogen and oxygen atoms in total. The highest BCUT2D eigenvalue weighted by molar-refractivity contribution is 5.76. The molecule has 20 heavy (non-hydrogen) atoms. The fourth-order valence-electron chi connectivity index (χ4n) is 2.71. The maximum atomic E-state index is 11.9. The van der Waals surface area contributed by atoms with E-state index >= 15 is 0 Å². The van der Waals surface area contributed by atoms with Gasteiger partial charge >= 0.3 is 0 Å². The lowest BCUT2D eigenvalue weighted by molar-refractivity contribution is -0.121. The van der Waals surface area contributed by atoms with Gasteiger partial charge in [0.15, 0.2) is 0 Å². The van der Waals surface area contributed by atoms with E-state index in [1.807, 2.05) is 18.2 Å². The standard InChI is InChI=1S/C16H25N3O/c1-14(13-19-11-5-2-6-12-19)18-16(20)9-8-15-7-3-4-10-17-15/h3-4,7,10,14H,2,5-6,8-9,11-13H2,1H3,(H,18,20). The Hall–Kier alpha value is -1.42. The van der Waals surface area contributed by atoms with Gasteiger partial charge in [-0.1, -0.05) is 12.5 Å². The van der Waals surface area contributed by atoms with Crippen molar-refractivity contribution in [2.45, 2.75) is 45.1 Å². The van der Waals surface area contributed by atoms with Crippen molar-refractivity contribution in [3.05, 3.63) is 30.1 Å². The van der Waals surface area contributed by atoms with Crippen LogP contribution in [0.15, 0.2) is 24.4 Å². The van der Waals surface area contributed by atoms with Crippen LogP contribution in [0.25, 0.3) is 0 Å². The number of hydrogen-bond donors (Lipinski definition) is 1. The molecule has 1 atom stereocenters.